The summed E-state index contributed by atoms with van der Waals surface area (Å²) in [6.45, 7) is 1.24. The lowest BCUT2D eigenvalue weighted by atomic mass is 10.1. The molecular weight excluding hydrogens is 268 g/mol. The standard InChI is InChI=1S/C12H14N2O6/c1-7-4-3-5-8(10(7)14(18)19)11(15)13-6-9(20-2)12(16)17/h3-5,9H,6H2,1-2H3,(H,13,15)(H,16,17). The van der Waals surface area contributed by atoms with Crippen molar-refractivity contribution < 1.29 is 24.4 Å². The molecule has 0 bridgehead atoms. The van der Waals surface area contributed by atoms with Gasteiger partial charge in [0.2, 0.25) is 0 Å². The number of aryl methyl sites for hydroxylation is 1. The number of carboxylic acids is 1. The van der Waals surface area contributed by atoms with Crippen LogP contribution in [0.5, 0.6) is 0 Å². The van der Waals surface area contributed by atoms with E-state index in [2.05, 4.69) is 10.1 Å². The number of carbonyl (C=O) groups excluding carboxylic acids is 1. The van der Waals surface area contributed by atoms with E-state index in [0.717, 1.165) is 0 Å². The molecular formula is C12H14N2O6. The number of carboxylic acid groups (broad SMARTS) is 1. The van der Waals surface area contributed by atoms with Crippen molar-refractivity contribution in [1.29, 1.82) is 0 Å². The van der Waals surface area contributed by atoms with Crippen molar-refractivity contribution in [1.82, 2.24) is 5.32 Å². The minimum absolute atomic E-state index is 0.116. The molecule has 0 heterocycles. The number of benzene rings is 1. The zero-order chi connectivity index (χ0) is 15.3. The summed E-state index contributed by atoms with van der Waals surface area (Å²) in [5.41, 5.74) is -0.0614. The second-order valence-electron chi connectivity index (χ2n) is 4.00. The van der Waals surface area contributed by atoms with Gasteiger partial charge in [-0.1, -0.05) is 12.1 Å². The van der Waals surface area contributed by atoms with Gasteiger partial charge in [0.15, 0.2) is 6.10 Å². The highest BCUT2D eigenvalue weighted by Crippen LogP contribution is 2.22. The second kappa shape index (κ2) is 6.62. The molecule has 1 rings (SSSR count). The van der Waals surface area contributed by atoms with Crippen molar-refractivity contribution in [2.45, 2.75) is 13.0 Å². The van der Waals surface area contributed by atoms with E-state index in [4.69, 9.17) is 5.11 Å². The zero-order valence-corrected chi connectivity index (χ0v) is 11.0. The summed E-state index contributed by atoms with van der Waals surface area (Å²) in [5.74, 6) is -1.95. The molecule has 1 atom stereocenters. The lowest BCUT2D eigenvalue weighted by Crippen LogP contribution is -2.38. The third kappa shape index (κ3) is 3.51. The van der Waals surface area contributed by atoms with E-state index in [1.807, 2.05) is 0 Å². The molecule has 108 valence electrons. The maximum Gasteiger partial charge on any atom is 0.334 e. The van der Waals surface area contributed by atoms with Crippen LogP contribution in [0.1, 0.15) is 15.9 Å². The average Bonchev–Trinajstić information content (AvgIpc) is 2.37. The van der Waals surface area contributed by atoms with Crippen molar-refractivity contribution >= 4 is 17.6 Å². The summed E-state index contributed by atoms with van der Waals surface area (Å²) in [6.07, 6.45) is -1.21. The van der Waals surface area contributed by atoms with Crippen LogP contribution in [-0.4, -0.2) is 41.7 Å². The second-order valence-corrected chi connectivity index (χ2v) is 4.00. The van der Waals surface area contributed by atoms with Crippen molar-refractivity contribution in [3.05, 3.63) is 39.4 Å². The van der Waals surface area contributed by atoms with E-state index in [0.29, 0.717) is 5.56 Å². The molecule has 0 aromatic heterocycles. The van der Waals surface area contributed by atoms with E-state index >= 15 is 0 Å². The predicted octanol–water partition coefficient (Wildman–Crippen LogP) is 0.733. The predicted molar refractivity (Wildman–Crippen MR) is 68.6 cm³/mol. The number of nitrogens with one attached hydrogen (secondary N) is 1. The molecule has 8 heteroatoms. The van der Waals surface area contributed by atoms with E-state index in [1.165, 1.54) is 32.2 Å². The minimum atomic E-state index is -1.23. The number of aliphatic carboxylic acids is 1. The molecule has 0 aliphatic rings. The van der Waals surface area contributed by atoms with Crippen LogP contribution >= 0.6 is 0 Å². The Hall–Kier alpha value is -2.48. The van der Waals surface area contributed by atoms with Gasteiger partial charge in [0.1, 0.15) is 5.56 Å². The van der Waals surface area contributed by atoms with Crippen LogP contribution in [0.25, 0.3) is 0 Å². The molecule has 20 heavy (non-hydrogen) atoms. The first-order valence-corrected chi connectivity index (χ1v) is 5.66. The van der Waals surface area contributed by atoms with Crippen LogP contribution in [0.15, 0.2) is 18.2 Å². The quantitative estimate of drug-likeness (QED) is 0.586. The number of nitro groups is 1. The van der Waals surface area contributed by atoms with E-state index < -0.39 is 22.9 Å². The maximum atomic E-state index is 11.9. The number of rotatable bonds is 6. The third-order valence-electron chi connectivity index (χ3n) is 2.67. The fraction of sp³-hybridized carbons (Fsp3) is 0.333. The fourth-order valence-electron chi connectivity index (χ4n) is 1.64. The number of methoxy groups -OCH3 is 1. The van der Waals surface area contributed by atoms with Gasteiger partial charge in [0.25, 0.3) is 11.6 Å². The molecule has 0 spiro atoms. The molecule has 0 saturated carbocycles. The van der Waals surface area contributed by atoms with Gasteiger partial charge < -0.3 is 15.2 Å². The largest absolute Gasteiger partial charge is 0.479 e. The first-order valence-electron chi connectivity index (χ1n) is 5.66. The van der Waals surface area contributed by atoms with Gasteiger partial charge in [-0.25, -0.2) is 4.79 Å². The summed E-state index contributed by atoms with van der Waals surface area (Å²) < 4.78 is 4.65. The molecule has 1 unspecified atom stereocenters. The van der Waals surface area contributed by atoms with Gasteiger partial charge in [0, 0.05) is 12.7 Å². The molecule has 1 aromatic rings. The van der Waals surface area contributed by atoms with Crippen LogP contribution < -0.4 is 5.32 Å². The van der Waals surface area contributed by atoms with Crippen LogP contribution in [0, 0.1) is 17.0 Å². The number of carbonyl (C=O) groups is 2. The summed E-state index contributed by atoms with van der Waals surface area (Å²) >= 11 is 0. The summed E-state index contributed by atoms with van der Waals surface area (Å²) in [4.78, 5) is 32.9. The number of nitrogens with zero attached hydrogens (tertiary/aromatic N) is 1. The van der Waals surface area contributed by atoms with Gasteiger partial charge in [-0.15, -0.1) is 0 Å². The Morgan fingerprint density at radius 1 is 1.50 bits per heavy atom. The van der Waals surface area contributed by atoms with Gasteiger partial charge in [0.05, 0.1) is 11.5 Å². The summed E-state index contributed by atoms with van der Waals surface area (Å²) in [6, 6.07) is 4.34. The number of hydrogen-bond donors (Lipinski definition) is 2. The first kappa shape index (κ1) is 15.6. The molecule has 1 amide bonds. The summed E-state index contributed by atoms with van der Waals surface area (Å²) in [7, 11) is 1.19. The van der Waals surface area contributed by atoms with E-state index in [-0.39, 0.29) is 17.8 Å². The smallest absolute Gasteiger partial charge is 0.334 e. The summed E-state index contributed by atoms with van der Waals surface area (Å²) in [5, 5.41) is 22.0. The Kier molecular flexibility index (Phi) is 5.15. The molecule has 2 N–H and O–H groups in total. The number of amides is 1. The Morgan fingerprint density at radius 3 is 2.65 bits per heavy atom. The third-order valence-corrected chi connectivity index (χ3v) is 2.67. The number of ether oxygens (including phenoxy) is 1. The van der Waals surface area contributed by atoms with Crippen molar-refractivity contribution in [3.8, 4) is 0 Å². The van der Waals surface area contributed by atoms with E-state index in [9.17, 15) is 19.7 Å². The molecule has 8 nitrogen and oxygen atoms in total. The number of nitro benzene ring substituents is 1. The molecule has 0 fully saturated rings. The molecule has 0 saturated heterocycles. The number of hydrogen-bond acceptors (Lipinski definition) is 5. The Labute approximate surface area is 114 Å². The monoisotopic (exact) mass is 282 g/mol. The van der Waals surface area contributed by atoms with Crippen LogP contribution in [0.2, 0.25) is 0 Å². The molecule has 1 aromatic carbocycles. The Bertz CT molecular complexity index is 543. The van der Waals surface area contributed by atoms with Gasteiger partial charge in [-0.2, -0.15) is 0 Å². The minimum Gasteiger partial charge on any atom is -0.479 e. The lowest BCUT2D eigenvalue weighted by molar-refractivity contribution is -0.385. The topological polar surface area (TPSA) is 119 Å². The maximum absolute atomic E-state index is 11.9. The van der Waals surface area contributed by atoms with E-state index in [1.54, 1.807) is 0 Å². The van der Waals surface area contributed by atoms with Gasteiger partial charge >= 0.3 is 5.97 Å². The van der Waals surface area contributed by atoms with Gasteiger partial charge in [-0.3, -0.25) is 14.9 Å². The highest BCUT2D eigenvalue weighted by Gasteiger charge is 2.24. The first-order chi connectivity index (χ1) is 9.38. The fourth-order valence-corrected chi connectivity index (χ4v) is 1.64. The Morgan fingerprint density at radius 2 is 2.15 bits per heavy atom. The zero-order valence-electron chi connectivity index (χ0n) is 11.0. The highest BCUT2D eigenvalue weighted by molar-refractivity contribution is 5.98. The van der Waals surface area contributed by atoms with Crippen molar-refractivity contribution in [2.75, 3.05) is 13.7 Å². The van der Waals surface area contributed by atoms with Gasteiger partial charge in [-0.05, 0) is 13.0 Å². The molecule has 0 aliphatic heterocycles. The van der Waals surface area contributed by atoms with Crippen molar-refractivity contribution in [3.63, 3.8) is 0 Å². The van der Waals surface area contributed by atoms with Crippen LogP contribution in [0.4, 0.5) is 5.69 Å². The average molecular weight is 282 g/mol. The van der Waals surface area contributed by atoms with Crippen LogP contribution in [-0.2, 0) is 9.53 Å². The molecule has 0 aliphatic carbocycles. The Balaban J connectivity index is 2.91. The van der Waals surface area contributed by atoms with Crippen molar-refractivity contribution in [2.24, 2.45) is 0 Å². The molecule has 0 radical (unpaired) electrons. The normalized spacial score (nSPS) is 11.7. The SMILES string of the molecule is COC(CNC(=O)c1cccc(C)c1[N+](=O)[O-])C(=O)O. The highest BCUT2D eigenvalue weighted by atomic mass is 16.6. The van der Waals surface area contributed by atoms with Crippen LogP contribution in [0.3, 0.4) is 0 Å². The number of para-hydroxylation sites is 1. The lowest BCUT2D eigenvalue weighted by Gasteiger charge is -2.12.